The maximum atomic E-state index is 11.9. The fraction of sp³-hybridized carbons (Fsp3) is 0.412. The minimum atomic E-state index is -0.538. The molecule has 5 nitrogen and oxygen atoms in total. The van der Waals surface area contributed by atoms with E-state index in [4.69, 9.17) is 4.74 Å². The van der Waals surface area contributed by atoms with Crippen molar-refractivity contribution in [3.8, 4) is 0 Å². The number of hydrogen-bond donors (Lipinski definition) is 2. The van der Waals surface area contributed by atoms with Gasteiger partial charge in [-0.25, -0.2) is 9.78 Å². The van der Waals surface area contributed by atoms with Gasteiger partial charge in [0.2, 0.25) is 0 Å². The second-order valence-electron chi connectivity index (χ2n) is 6.28. The fourth-order valence-electron chi connectivity index (χ4n) is 2.13. The Kier molecular flexibility index (Phi) is 4.66. The summed E-state index contributed by atoms with van der Waals surface area (Å²) in [5.41, 5.74) is 0.647. The Labute approximate surface area is 131 Å². The van der Waals surface area contributed by atoms with Gasteiger partial charge in [0.15, 0.2) is 0 Å². The third-order valence-corrected chi connectivity index (χ3v) is 3.34. The number of rotatable bonds is 3. The number of pyridine rings is 1. The Morgan fingerprint density at radius 1 is 1.27 bits per heavy atom. The van der Waals surface area contributed by atoms with Gasteiger partial charge in [0.1, 0.15) is 11.4 Å². The van der Waals surface area contributed by atoms with Gasteiger partial charge < -0.3 is 10.1 Å². The number of carbonyl (C=O) groups is 1. The quantitative estimate of drug-likeness (QED) is 0.903. The molecule has 1 amide bonds. The Hall–Kier alpha value is -2.14. The number of carbonyl (C=O) groups excluding carboxylic acids is 1. The molecule has 2 N–H and O–H groups in total. The first-order chi connectivity index (χ1) is 10.3. The lowest BCUT2D eigenvalue weighted by atomic mass is 10.0. The lowest BCUT2D eigenvalue weighted by Crippen LogP contribution is -2.27. The van der Waals surface area contributed by atoms with E-state index in [-0.39, 0.29) is 6.04 Å². The standard InChI is InChI=1S/C17H23N3O2/c1-11(18-5)12-6-7-14-13(10-12)8-9-19-15(14)20-16(21)22-17(2,3)4/h6-11,18H,1-5H3,(H,19,20,21). The first-order valence-electron chi connectivity index (χ1n) is 7.36. The van der Waals surface area contributed by atoms with E-state index in [0.717, 1.165) is 10.8 Å². The Bertz CT molecular complexity index is 677. The zero-order valence-corrected chi connectivity index (χ0v) is 13.7. The van der Waals surface area contributed by atoms with E-state index in [1.54, 1.807) is 6.20 Å². The molecule has 0 aliphatic carbocycles. The van der Waals surface area contributed by atoms with Crippen molar-refractivity contribution >= 4 is 22.7 Å². The van der Waals surface area contributed by atoms with Crippen LogP contribution in [0, 0.1) is 0 Å². The summed E-state index contributed by atoms with van der Waals surface area (Å²) in [6.45, 7) is 7.58. The van der Waals surface area contributed by atoms with Crippen LogP contribution in [-0.2, 0) is 4.74 Å². The number of benzene rings is 1. The van der Waals surface area contributed by atoms with Crippen LogP contribution in [0.4, 0.5) is 10.6 Å². The van der Waals surface area contributed by atoms with E-state index in [1.165, 1.54) is 5.56 Å². The average molecular weight is 301 g/mol. The van der Waals surface area contributed by atoms with Crippen LogP contribution >= 0.6 is 0 Å². The summed E-state index contributed by atoms with van der Waals surface area (Å²) < 4.78 is 5.27. The highest BCUT2D eigenvalue weighted by Crippen LogP contribution is 2.25. The second kappa shape index (κ2) is 6.32. The highest BCUT2D eigenvalue weighted by atomic mass is 16.6. The van der Waals surface area contributed by atoms with Gasteiger partial charge in [-0.05, 0) is 57.8 Å². The molecule has 5 heteroatoms. The van der Waals surface area contributed by atoms with Crippen molar-refractivity contribution in [1.82, 2.24) is 10.3 Å². The summed E-state index contributed by atoms with van der Waals surface area (Å²) in [6.07, 6.45) is 1.18. The minimum Gasteiger partial charge on any atom is -0.444 e. The molecule has 1 atom stereocenters. The van der Waals surface area contributed by atoms with E-state index in [1.807, 2.05) is 46.0 Å². The van der Waals surface area contributed by atoms with Gasteiger partial charge in [-0.1, -0.05) is 12.1 Å². The summed E-state index contributed by atoms with van der Waals surface area (Å²) in [6, 6.07) is 8.30. The average Bonchev–Trinajstić information content (AvgIpc) is 2.44. The van der Waals surface area contributed by atoms with Crippen LogP contribution < -0.4 is 10.6 Å². The molecule has 1 aromatic carbocycles. The van der Waals surface area contributed by atoms with E-state index >= 15 is 0 Å². The van der Waals surface area contributed by atoms with Crippen molar-refractivity contribution in [3.63, 3.8) is 0 Å². The molecule has 0 spiro atoms. The van der Waals surface area contributed by atoms with E-state index in [9.17, 15) is 4.79 Å². The van der Waals surface area contributed by atoms with Gasteiger partial charge in [-0.15, -0.1) is 0 Å². The smallest absolute Gasteiger partial charge is 0.413 e. The minimum absolute atomic E-state index is 0.264. The topological polar surface area (TPSA) is 63.2 Å². The predicted molar refractivity (Wildman–Crippen MR) is 89.1 cm³/mol. The number of hydrogen-bond acceptors (Lipinski definition) is 4. The molecule has 22 heavy (non-hydrogen) atoms. The molecule has 0 radical (unpaired) electrons. The van der Waals surface area contributed by atoms with Crippen LogP contribution in [0.2, 0.25) is 0 Å². The van der Waals surface area contributed by atoms with Crippen LogP contribution in [0.3, 0.4) is 0 Å². The van der Waals surface area contributed by atoms with Gasteiger partial charge in [0, 0.05) is 17.6 Å². The van der Waals surface area contributed by atoms with Crippen LogP contribution in [-0.4, -0.2) is 23.7 Å². The molecule has 0 saturated carbocycles. The van der Waals surface area contributed by atoms with Gasteiger partial charge in [-0.2, -0.15) is 0 Å². The first-order valence-corrected chi connectivity index (χ1v) is 7.36. The lowest BCUT2D eigenvalue weighted by Gasteiger charge is -2.20. The normalized spacial score (nSPS) is 13.0. The Morgan fingerprint density at radius 3 is 2.64 bits per heavy atom. The number of nitrogens with zero attached hydrogens (tertiary/aromatic N) is 1. The first kappa shape index (κ1) is 16.2. The highest BCUT2D eigenvalue weighted by molar-refractivity contribution is 5.98. The van der Waals surface area contributed by atoms with E-state index in [0.29, 0.717) is 5.82 Å². The number of nitrogens with one attached hydrogen (secondary N) is 2. The zero-order valence-electron chi connectivity index (χ0n) is 13.7. The molecule has 2 rings (SSSR count). The monoisotopic (exact) mass is 301 g/mol. The largest absolute Gasteiger partial charge is 0.444 e. The van der Waals surface area contributed by atoms with Crippen molar-refractivity contribution in [2.24, 2.45) is 0 Å². The fourth-order valence-corrected chi connectivity index (χ4v) is 2.13. The lowest BCUT2D eigenvalue weighted by molar-refractivity contribution is 0.0635. The number of ether oxygens (including phenoxy) is 1. The number of anilines is 1. The van der Waals surface area contributed by atoms with Crippen molar-refractivity contribution in [2.45, 2.75) is 39.3 Å². The summed E-state index contributed by atoms with van der Waals surface area (Å²) >= 11 is 0. The van der Waals surface area contributed by atoms with Crippen LogP contribution in [0.25, 0.3) is 10.8 Å². The molecule has 0 bridgehead atoms. The summed E-state index contributed by atoms with van der Waals surface area (Å²) in [7, 11) is 1.93. The highest BCUT2D eigenvalue weighted by Gasteiger charge is 2.17. The zero-order chi connectivity index (χ0) is 16.3. The van der Waals surface area contributed by atoms with Gasteiger partial charge in [0.05, 0.1) is 0 Å². The molecule has 0 aliphatic heterocycles. The second-order valence-corrected chi connectivity index (χ2v) is 6.28. The summed E-state index contributed by atoms with van der Waals surface area (Å²) in [5.74, 6) is 0.510. The maximum Gasteiger partial charge on any atom is 0.413 e. The molecule has 0 aliphatic rings. The maximum absolute atomic E-state index is 11.9. The Morgan fingerprint density at radius 2 is 2.00 bits per heavy atom. The van der Waals surface area contributed by atoms with Crippen LogP contribution in [0.1, 0.15) is 39.3 Å². The van der Waals surface area contributed by atoms with Gasteiger partial charge >= 0.3 is 6.09 Å². The third-order valence-electron chi connectivity index (χ3n) is 3.34. The molecule has 0 saturated heterocycles. The van der Waals surface area contributed by atoms with Gasteiger partial charge in [0.25, 0.3) is 0 Å². The number of amides is 1. The van der Waals surface area contributed by atoms with Gasteiger partial charge in [-0.3, -0.25) is 5.32 Å². The Balaban J connectivity index is 2.30. The van der Waals surface area contributed by atoms with Crippen molar-refractivity contribution in [1.29, 1.82) is 0 Å². The number of fused-ring (bicyclic) bond motifs is 1. The predicted octanol–water partition coefficient (Wildman–Crippen LogP) is 3.86. The molecular formula is C17H23N3O2. The van der Waals surface area contributed by atoms with Crippen LogP contribution in [0.5, 0.6) is 0 Å². The van der Waals surface area contributed by atoms with E-state index < -0.39 is 11.7 Å². The summed E-state index contributed by atoms with van der Waals surface area (Å²) in [5, 5.41) is 7.85. The van der Waals surface area contributed by atoms with Crippen molar-refractivity contribution in [2.75, 3.05) is 12.4 Å². The molecule has 2 aromatic rings. The molecule has 0 fully saturated rings. The molecule has 1 unspecified atom stereocenters. The SMILES string of the molecule is CNC(C)c1ccc2c(NC(=O)OC(C)(C)C)nccc2c1. The summed E-state index contributed by atoms with van der Waals surface area (Å²) in [4.78, 5) is 16.2. The number of aromatic nitrogens is 1. The molecule has 118 valence electrons. The van der Waals surface area contributed by atoms with E-state index in [2.05, 4.69) is 28.6 Å². The third kappa shape index (κ3) is 3.95. The van der Waals surface area contributed by atoms with Crippen molar-refractivity contribution < 1.29 is 9.53 Å². The molecular weight excluding hydrogens is 278 g/mol. The van der Waals surface area contributed by atoms with Crippen molar-refractivity contribution in [3.05, 3.63) is 36.0 Å². The molecule has 1 heterocycles. The molecule has 1 aromatic heterocycles. The van der Waals surface area contributed by atoms with Crippen LogP contribution in [0.15, 0.2) is 30.5 Å².